The molecule has 0 bridgehead atoms. The van der Waals surface area contributed by atoms with E-state index in [4.69, 9.17) is 0 Å². The van der Waals surface area contributed by atoms with Crippen LogP contribution >= 0.6 is 11.3 Å². The second kappa shape index (κ2) is 4.21. The number of benzene rings is 4. The normalized spacial score (nSPS) is 11.8. The van der Waals surface area contributed by atoms with Crippen LogP contribution in [0.15, 0.2) is 66.7 Å². The first-order valence-electron chi connectivity index (χ1n) is 7.27. The third kappa shape index (κ3) is 1.53. The highest BCUT2D eigenvalue weighted by Crippen LogP contribution is 2.41. The summed E-state index contributed by atoms with van der Waals surface area (Å²) in [6.07, 6.45) is 0. The summed E-state index contributed by atoms with van der Waals surface area (Å²) in [6.45, 7) is 0. The van der Waals surface area contributed by atoms with E-state index in [0.29, 0.717) is 5.75 Å². The molecule has 1 aromatic heterocycles. The van der Waals surface area contributed by atoms with Gasteiger partial charge in [0, 0.05) is 20.2 Å². The molecule has 0 radical (unpaired) electrons. The largest absolute Gasteiger partial charge is 0.508 e. The van der Waals surface area contributed by atoms with Gasteiger partial charge in [-0.15, -0.1) is 11.3 Å². The van der Waals surface area contributed by atoms with Crippen molar-refractivity contribution in [2.75, 3.05) is 0 Å². The number of thiophene rings is 1. The second-order valence-corrected chi connectivity index (χ2v) is 6.69. The minimum Gasteiger partial charge on any atom is -0.508 e. The van der Waals surface area contributed by atoms with Crippen molar-refractivity contribution in [3.8, 4) is 5.75 Å². The SMILES string of the molecule is Oc1ccc2c(ccc3ccc4sc5ccccc5c4c32)c1. The van der Waals surface area contributed by atoms with Gasteiger partial charge in [-0.05, 0) is 45.8 Å². The molecule has 0 saturated carbocycles. The van der Waals surface area contributed by atoms with Crippen molar-refractivity contribution in [1.82, 2.24) is 0 Å². The van der Waals surface area contributed by atoms with Crippen molar-refractivity contribution in [2.24, 2.45) is 0 Å². The number of hydrogen-bond acceptors (Lipinski definition) is 2. The molecule has 0 aliphatic carbocycles. The molecule has 0 spiro atoms. The van der Waals surface area contributed by atoms with Crippen molar-refractivity contribution in [2.45, 2.75) is 0 Å². The molecule has 0 saturated heterocycles. The maximum Gasteiger partial charge on any atom is 0.116 e. The Morgan fingerprint density at radius 3 is 2.41 bits per heavy atom. The minimum absolute atomic E-state index is 0.314. The number of fused-ring (bicyclic) bond motifs is 7. The summed E-state index contributed by atoms with van der Waals surface area (Å²) >= 11 is 1.84. The molecule has 1 N–H and O–H groups in total. The lowest BCUT2D eigenvalue weighted by Gasteiger charge is -2.06. The molecule has 0 amide bonds. The molecular formula is C20H12OS. The molecule has 0 fully saturated rings. The van der Waals surface area contributed by atoms with Gasteiger partial charge >= 0.3 is 0 Å². The lowest BCUT2D eigenvalue weighted by molar-refractivity contribution is 0.476. The van der Waals surface area contributed by atoms with Crippen LogP contribution in [0.4, 0.5) is 0 Å². The lowest BCUT2D eigenvalue weighted by Crippen LogP contribution is -1.79. The summed E-state index contributed by atoms with van der Waals surface area (Å²) in [5.74, 6) is 0.314. The first kappa shape index (κ1) is 12.0. The summed E-state index contributed by atoms with van der Waals surface area (Å²) in [4.78, 5) is 0. The topological polar surface area (TPSA) is 20.2 Å². The molecule has 2 heteroatoms. The zero-order valence-electron chi connectivity index (χ0n) is 11.7. The summed E-state index contributed by atoms with van der Waals surface area (Å²) in [7, 11) is 0. The molecule has 0 unspecified atom stereocenters. The quantitative estimate of drug-likeness (QED) is 0.344. The van der Waals surface area contributed by atoms with E-state index >= 15 is 0 Å². The highest BCUT2D eigenvalue weighted by Gasteiger charge is 2.11. The van der Waals surface area contributed by atoms with Crippen LogP contribution in [0.5, 0.6) is 5.75 Å². The van der Waals surface area contributed by atoms with Crippen LogP contribution in [0.3, 0.4) is 0 Å². The molecule has 5 rings (SSSR count). The van der Waals surface area contributed by atoms with Gasteiger partial charge in [0.25, 0.3) is 0 Å². The standard InChI is InChI=1S/C20H12OS/c21-14-8-9-15-13(11-14)6-5-12-7-10-18-20(19(12)15)16-3-1-2-4-17(16)22-18/h1-11,21H. The van der Waals surface area contributed by atoms with E-state index in [9.17, 15) is 5.11 Å². The zero-order chi connectivity index (χ0) is 14.7. The molecule has 0 aliphatic heterocycles. The van der Waals surface area contributed by atoms with Crippen LogP contribution in [0, 0.1) is 0 Å². The molecule has 1 heterocycles. The third-order valence-electron chi connectivity index (χ3n) is 4.32. The van der Waals surface area contributed by atoms with Crippen molar-refractivity contribution in [3.05, 3.63) is 66.7 Å². The smallest absolute Gasteiger partial charge is 0.116 e. The van der Waals surface area contributed by atoms with Gasteiger partial charge in [0.15, 0.2) is 0 Å². The first-order chi connectivity index (χ1) is 10.8. The van der Waals surface area contributed by atoms with Crippen LogP contribution in [-0.2, 0) is 0 Å². The number of phenolic OH excluding ortho intramolecular Hbond substituents is 1. The molecule has 0 aliphatic rings. The predicted molar refractivity (Wildman–Crippen MR) is 96.0 cm³/mol. The van der Waals surface area contributed by atoms with Gasteiger partial charge in [-0.1, -0.05) is 42.5 Å². The van der Waals surface area contributed by atoms with Gasteiger partial charge in [0.1, 0.15) is 5.75 Å². The maximum atomic E-state index is 9.75. The van der Waals surface area contributed by atoms with Gasteiger partial charge in [0.05, 0.1) is 0 Å². The molecule has 5 aromatic rings. The van der Waals surface area contributed by atoms with E-state index in [1.165, 1.54) is 36.3 Å². The fourth-order valence-corrected chi connectivity index (χ4v) is 4.47. The van der Waals surface area contributed by atoms with Gasteiger partial charge in [-0.3, -0.25) is 0 Å². The summed E-state index contributed by atoms with van der Waals surface area (Å²) in [5, 5.41) is 17.2. The van der Waals surface area contributed by atoms with E-state index in [1.807, 2.05) is 23.5 Å². The first-order valence-corrected chi connectivity index (χ1v) is 8.09. The number of aromatic hydroxyl groups is 1. The fraction of sp³-hybridized carbons (Fsp3) is 0. The summed E-state index contributed by atoms with van der Waals surface area (Å²) in [6, 6.07) is 22.8. The fourth-order valence-electron chi connectivity index (χ4n) is 3.36. The molecule has 104 valence electrons. The highest BCUT2D eigenvalue weighted by molar-refractivity contribution is 7.26. The Bertz CT molecular complexity index is 1180. The molecule has 0 atom stereocenters. The van der Waals surface area contributed by atoms with Gasteiger partial charge < -0.3 is 5.11 Å². The van der Waals surface area contributed by atoms with Crippen LogP contribution in [0.25, 0.3) is 41.7 Å². The molecule has 4 aromatic carbocycles. The molecule has 1 nitrogen and oxygen atoms in total. The van der Waals surface area contributed by atoms with E-state index in [2.05, 4.69) is 48.5 Å². The Labute approximate surface area is 131 Å². The monoisotopic (exact) mass is 300 g/mol. The van der Waals surface area contributed by atoms with E-state index in [0.717, 1.165) is 5.39 Å². The Morgan fingerprint density at radius 2 is 1.45 bits per heavy atom. The van der Waals surface area contributed by atoms with Crippen LogP contribution in [0.1, 0.15) is 0 Å². The number of phenols is 1. The predicted octanol–water partition coefficient (Wildman–Crippen LogP) is 6.07. The third-order valence-corrected chi connectivity index (χ3v) is 5.46. The Morgan fingerprint density at radius 1 is 0.636 bits per heavy atom. The van der Waals surface area contributed by atoms with Crippen LogP contribution in [0.2, 0.25) is 0 Å². The lowest BCUT2D eigenvalue weighted by atomic mass is 9.97. The summed E-state index contributed by atoms with van der Waals surface area (Å²) < 4.78 is 2.63. The average molecular weight is 300 g/mol. The Hall–Kier alpha value is -2.58. The Kier molecular flexibility index (Phi) is 2.30. The van der Waals surface area contributed by atoms with Gasteiger partial charge in [-0.25, -0.2) is 0 Å². The van der Waals surface area contributed by atoms with E-state index < -0.39 is 0 Å². The Balaban J connectivity index is 2.14. The average Bonchev–Trinajstić information content (AvgIpc) is 2.92. The summed E-state index contributed by atoms with van der Waals surface area (Å²) in [5.41, 5.74) is 0. The van der Waals surface area contributed by atoms with Gasteiger partial charge in [0.2, 0.25) is 0 Å². The second-order valence-electron chi connectivity index (χ2n) is 5.61. The zero-order valence-corrected chi connectivity index (χ0v) is 12.5. The van der Waals surface area contributed by atoms with Crippen LogP contribution < -0.4 is 0 Å². The number of hydrogen-bond donors (Lipinski definition) is 1. The van der Waals surface area contributed by atoms with Crippen molar-refractivity contribution in [1.29, 1.82) is 0 Å². The van der Waals surface area contributed by atoms with E-state index in [-0.39, 0.29) is 0 Å². The highest BCUT2D eigenvalue weighted by atomic mass is 32.1. The minimum atomic E-state index is 0.314. The van der Waals surface area contributed by atoms with Crippen molar-refractivity contribution in [3.63, 3.8) is 0 Å². The van der Waals surface area contributed by atoms with Crippen molar-refractivity contribution >= 4 is 53.1 Å². The molecular weight excluding hydrogens is 288 g/mol. The van der Waals surface area contributed by atoms with Gasteiger partial charge in [-0.2, -0.15) is 0 Å². The van der Waals surface area contributed by atoms with E-state index in [1.54, 1.807) is 6.07 Å². The number of rotatable bonds is 0. The van der Waals surface area contributed by atoms with Crippen LogP contribution in [-0.4, -0.2) is 5.11 Å². The van der Waals surface area contributed by atoms with Crippen molar-refractivity contribution < 1.29 is 5.11 Å². The molecule has 22 heavy (non-hydrogen) atoms. The maximum absolute atomic E-state index is 9.75.